The third-order valence-corrected chi connectivity index (χ3v) is 10.9. The number of pyridine rings is 1. The quantitative estimate of drug-likeness (QED) is 0.184. The zero-order valence-electron chi connectivity index (χ0n) is 29.0. The molecule has 0 fully saturated rings. The minimum atomic E-state index is -0.683. The Labute approximate surface area is 312 Å². The average molecular weight is 691 g/mol. The summed E-state index contributed by atoms with van der Waals surface area (Å²) in [7, 11) is 0. The lowest BCUT2D eigenvalue weighted by Crippen LogP contribution is -2.32. The first-order chi connectivity index (χ1) is 26.8. The van der Waals surface area contributed by atoms with Crippen LogP contribution in [0.3, 0.4) is 0 Å². The van der Waals surface area contributed by atoms with Gasteiger partial charge in [0.1, 0.15) is 11.5 Å². The molecular weight excluding hydrogens is 661 g/mol. The molecule has 2 aromatic heterocycles. The van der Waals surface area contributed by atoms with Crippen LogP contribution in [0.25, 0.3) is 67.3 Å². The van der Waals surface area contributed by atoms with Crippen LogP contribution in [0.5, 0.6) is 11.5 Å². The van der Waals surface area contributed by atoms with E-state index < -0.39 is 5.41 Å². The van der Waals surface area contributed by atoms with Crippen molar-refractivity contribution in [1.29, 1.82) is 0 Å². The second-order valence-electron chi connectivity index (χ2n) is 13.7. The molecule has 5 heteroatoms. The fraction of sp³-hybridized carbons (Fsp3) is 0.0204. The lowest BCUT2D eigenvalue weighted by molar-refractivity contribution is 0.439. The van der Waals surface area contributed by atoms with E-state index in [0.29, 0.717) is 17.5 Å². The largest absolute Gasteiger partial charge is 0.455 e. The maximum atomic E-state index is 7.38. The van der Waals surface area contributed by atoms with Gasteiger partial charge in [-0.05, 0) is 34.4 Å². The van der Waals surface area contributed by atoms with Gasteiger partial charge in [0, 0.05) is 45.0 Å². The fourth-order valence-corrected chi connectivity index (χ4v) is 8.59. The zero-order chi connectivity index (χ0) is 35.6. The molecule has 0 atom stereocenters. The van der Waals surface area contributed by atoms with Crippen LogP contribution in [0.1, 0.15) is 22.3 Å². The number of para-hydroxylation sites is 3. The van der Waals surface area contributed by atoms with Gasteiger partial charge in [-0.3, -0.25) is 4.98 Å². The molecule has 0 N–H and O–H groups in total. The van der Waals surface area contributed by atoms with E-state index in [1.165, 1.54) is 22.3 Å². The SMILES string of the molecule is c1ccc(-c2nc(-c3ccccc3)nc(-c3cccc4c3Oc3c(-c5cccc6cccnc56)cccc3C43c4ccccc4-c4ccccc43)n2)cc1. The van der Waals surface area contributed by atoms with Gasteiger partial charge in [-0.1, -0.05) is 164 Å². The Morgan fingerprint density at radius 3 is 1.46 bits per heavy atom. The Kier molecular flexibility index (Phi) is 6.70. The van der Waals surface area contributed by atoms with E-state index in [9.17, 15) is 0 Å². The molecule has 5 nitrogen and oxygen atoms in total. The first-order valence-electron chi connectivity index (χ1n) is 18.1. The summed E-state index contributed by atoms with van der Waals surface area (Å²) in [6.07, 6.45) is 1.86. The van der Waals surface area contributed by atoms with Crippen LogP contribution < -0.4 is 4.74 Å². The van der Waals surface area contributed by atoms with Crippen LogP contribution in [0.2, 0.25) is 0 Å². The zero-order valence-corrected chi connectivity index (χ0v) is 29.0. The van der Waals surface area contributed by atoms with Crippen molar-refractivity contribution in [3.63, 3.8) is 0 Å². The number of ether oxygens (including phenoxy) is 1. The summed E-state index contributed by atoms with van der Waals surface area (Å²) in [6.45, 7) is 0. The van der Waals surface area contributed by atoms with E-state index in [0.717, 1.165) is 61.3 Å². The highest BCUT2D eigenvalue weighted by Crippen LogP contribution is 2.64. The summed E-state index contributed by atoms with van der Waals surface area (Å²) in [4.78, 5) is 20.2. The molecule has 252 valence electrons. The summed E-state index contributed by atoms with van der Waals surface area (Å²) in [5.41, 5.74) is 11.8. The number of rotatable bonds is 4. The number of hydrogen-bond acceptors (Lipinski definition) is 5. The van der Waals surface area contributed by atoms with Crippen molar-refractivity contribution < 1.29 is 4.74 Å². The van der Waals surface area contributed by atoms with Crippen molar-refractivity contribution in [2.75, 3.05) is 0 Å². The topological polar surface area (TPSA) is 60.8 Å². The maximum absolute atomic E-state index is 7.38. The number of aromatic nitrogens is 4. The van der Waals surface area contributed by atoms with Crippen LogP contribution in [-0.4, -0.2) is 19.9 Å². The average Bonchev–Trinajstić information content (AvgIpc) is 3.54. The van der Waals surface area contributed by atoms with Gasteiger partial charge in [0.25, 0.3) is 0 Å². The highest BCUT2D eigenvalue weighted by molar-refractivity contribution is 5.98. The van der Waals surface area contributed by atoms with Crippen molar-refractivity contribution in [3.05, 3.63) is 204 Å². The Morgan fingerprint density at radius 1 is 0.352 bits per heavy atom. The molecule has 3 heterocycles. The summed E-state index contributed by atoms with van der Waals surface area (Å²) in [6, 6.07) is 61.1. The molecule has 0 radical (unpaired) electrons. The Bertz CT molecular complexity index is 2810. The molecule has 1 aliphatic heterocycles. The van der Waals surface area contributed by atoms with E-state index >= 15 is 0 Å². The van der Waals surface area contributed by atoms with Crippen LogP contribution in [0, 0.1) is 0 Å². The predicted octanol–water partition coefficient (Wildman–Crippen LogP) is 11.6. The highest BCUT2D eigenvalue weighted by Gasteiger charge is 2.52. The van der Waals surface area contributed by atoms with Crippen LogP contribution in [-0.2, 0) is 5.41 Å². The summed E-state index contributed by atoms with van der Waals surface area (Å²) < 4.78 is 7.38. The molecule has 11 rings (SSSR count). The van der Waals surface area contributed by atoms with Crippen molar-refractivity contribution >= 4 is 10.9 Å². The molecule has 9 aromatic rings. The first kappa shape index (κ1) is 30.4. The van der Waals surface area contributed by atoms with Gasteiger partial charge in [-0.2, -0.15) is 0 Å². The molecule has 54 heavy (non-hydrogen) atoms. The summed E-state index contributed by atoms with van der Waals surface area (Å²) in [5, 5.41) is 1.07. The van der Waals surface area contributed by atoms with Crippen LogP contribution >= 0.6 is 0 Å². The van der Waals surface area contributed by atoms with Crippen molar-refractivity contribution in [1.82, 2.24) is 19.9 Å². The predicted molar refractivity (Wildman–Crippen MR) is 214 cm³/mol. The maximum Gasteiger partial charge on any atom is 0.167 e. The van der Waals surface area contributed by atoms with Gasteiger partial charge >= 0.3 is 0 Å². The number of benzene rings is 7. The van der Waals surface area contributed by atoms with E-state index in [2.05, 4.69) is 109 Å². The highest BCUT2D eigenvalue weighted by atomic mass is 16.5. The monoisotopic (exact) mass is 690 g/mol. The standard InChI is InChI=1S/C49H30N4O/c1-3-15-32(16-4-1)46-51-47(33-17-5-2-6-18-33)53-48(52-46)38-25-13-29-42-45(38)54-44-37(36-23-11-19-31-20-14-30-50-43(31)36)24-12-28-41(44)49(42)39-26-9-7-21-34(39)35-22-8-10-27-40(35)49/h1-30H. The Hall–Kier alpha value is -7.24. The molecule has 1 aliphatic carbocycles. The van der Waals surface area contributed by atoms with E-state index in [1.54, 1.807) is 0 Å². The molecule has 0 amide bonds. The third-order valence-electron chi connectivity index (χ3n) is 10.9. The van der Waals surface area contributed by atoms with Gasteiger partial charge in [0.05, 0.1) is 16.5 Å². The Balaban J connectivity index is 1.24. The van der Waals surface area contributed by atoms with E-state index in [4.69, 9.17) is 24.7 Å². The van der Waals surface area contributed by atoms with Gasteiger partial charge in [0.2, 0.25) is 0 Å². The molecule has 0 saturated carbocycles. The van der Waals surface area contributed by atoms with Crippen LogP contribution in [0.15, 0.2) is 182 Å². The number of fused-ring (bicyclic) bond motifs is 10. The van der Waals surface area contributed by atoms with Gasteiger partial charge < -0.3 is 4.74 Å². The van der Waals surface area contributed by atoms with Crippen molar-refractivity contribution in [2.24, 2.45) is 0 Å². The molecule has 0 unspecified atom stereocenters. The summed E-state index contributed by atoms with van der Waals surface area (Å²) >= 11 is 0. The third kappa shape index (κ3) is 4.39. The second-order valence-corrected chi connectivity index (χ2v) is 13.7. The minimum Gasteiger partial charge on any atom is -0.455 e. The van der Waals surface area contributed by atoms with E-state index in [-0.39, 0.29) is 0 Å². The van der Waals surface area contributed by atoms with Crippen LogP contribution in [0.4, 0.5) is 0 Å². The van der Waals surface area contributed by atoms with Gasteiger partial charge in [0.15, 0.2) is 17.5 Å². The lowest BCUT2D eigenvalue weighted by atomic mass is 9.65. The van der Waals surface area contributed by atoms with Crippen molar-refractivity contribution in [3.8, 4) is 67.9 Å². The second kappa shape index (κ2) is 11.9. The number of nitrogens with zero attached hydrogens (tertiary/aromatic N) is 4. The van der Waals surface area contributed by atoms with Gasteiger partial charge in [-0.25, -0.2) is 15.0 Å². The van der Waals surface area contributed by atoms with E-state index in [1.807, 2.05) is 72.9 Å². The molecular formula is C49H30N4O. The van der Waals surface area contributed by atoms with Gasteiger partial charge in [-0.15, -0.1) is 0 Å². The number of hydrogen-bond donors (Lipinski definition) is 0. The first-order valence-corrected chi connectivity index (χ1v) is 18.1. The van der Waals surface area contributed by atoms with Crippen molar-refractivity contribution in [2.45, 2.75) is 5.41 Å². The molecule has 0 bridgehead atoms. The molecule has 1 spiro atoms. The smallest absolute Gasteiger partial charge is 0.167 e. The summed E-state index contributed by atoms with van der Waals surface area (Å²) in [5.74, 6) is 3.26. The molecule has 2 aliphatic rings. The Morgan fingerprint density at radius 2 is 0.815 bits per heavy atom. The fourth-order valence-electron chi connectivity index (χ4n) is 8.59. The molecule has 0 saturated heterocycles. The normalized spacial score (nSPS) is 13.1. The lowest BCUT2D eigenvalue weighted by Gasteiger charge is -2.40. The minimum absolute atomic E-state index is 0.544. The molecule has 7 aromatic carbocycles.